The zero-order valence-electron chi connectivity index (χ0n) is 7.04. The van der Waals surface area contributed by atoms with E-state index in [9.17, 15) is 0 Å². The van der Waals surface area contributed by atoms with Gasteiger partial charge in [-0.3, -0.25) is 0 Å². The summed E-state index contributed by atoms with van der Waals surface area (Å²) in [5, 5.41) is 2.56. The van der Waals surface area contributed by atoms with Crippen molar-refractivity contribution in [2.24, 2.45) is 0 Å². The van der Waals surface area contributed by atoms with Crippen LogP contribution in [-0.2, 0) is 32.7 Å². The molecule has 0 aliphatic carbocycles. The predicted molar refractivity (Wildman–Crippen MR) is 47.5 cm³/mol. The maximum Gasteiger partial charge on any atom is 0 e. The summed E-state index contributed by atoms with van der Waals surface area (Å²) in [6.45, 7) is 2.10. The van der Waals surface area contributed by atoms with Gasteiger partial charge < -0.3 is 0 Å². The Kier molecular flexibility index (Phi) is 3.43. The van der Waals surface area contributed by atoms with Crippen LogP contribution in [0.15, 0.2) is 36.4 Å². The van der Waals surface area contributed by atoms with E-state index >= 15 is 0 Å². The Bertz CT molecular complexity index is 379. The van der Waals surface area contributed by atoms with Crippen molar-refractivity contribution in [3.63, 3.8) is 0 Å². The van der Waals surface area contributed by atoms with Crippen LogP contribution in [-0.4, -0.2) is 0 Å². The summed E-state index contributed by atoms with van der Waals surface area (Å²) in [4.78, 5) is 0. The Hall–Kier alpha value is -0.196. The standard InChI is InChI=1S/C11H9.Y/c1-9-6-7-10-4-2-3-5-11(10)8-9;/h2,4-8H,1H3;/q-1;. The fourth-order valence-electron chi connectivity index (χ4n) is 1.25. The third-order valence-corrected chi connectivity index (χ3v) is 1.84. The number of rotatable bonds is 0. The summed E-state index contributed by atoms with van der Waals surface area (Å²) in [6.07, 6.45) is 0. The smallest absolute Gasteiger partial charge is 0 e. The van der Waals surface area contributed by atoms with Crippen LogP contribution in [0.2, 0.25) is 0 Å². The molecule has 0 aliphatic rings. The molecular weight excluding hydrogens is 221 g/mol. The summed E-state index contributed by atoms with van der Waals surface area (Å²) in [6, 6.07) is 15.5. The molecular formula is C11H9Y-. The molecule has 2 rings (SSSR count). The molecule has 0 atom stereocenters. The number of benzene rings is 2. The van der Waals surface area contributed by atoms with Gasteiger partial charge in [0, 0.05) is 32.7 Å². The molecule has 0 aliphatic heterocycles. The Labute approximate surface area is 97.9 Å². The number of hydrogen-bond acceptors (Lipinski definition) is 0. The molecule has 0 amide bonds. The molecule has 0 heterocycles. The minimum absolute atomic E-state index is 0. The predicted octanol–water partition coefficient (Wildman–Crippen LogP) is 2.95. The van der Waals surface area contributed by atoms with Crippen molar-refractivity contribution in [1.29, 1.82) is 0 Å². The van der Waals surface area contributed by atoms with Crippen molar-refractivity contribution >= 4 is 10.8 Å². The number of fused-ring (bicyclic) bond motifs is 1. The van der Waals surface area contributed by atoms with E-state index in [0.717, 1.165) is 0 Å². The van der Waals surface area contributed by atoms with Gasteiger partial charge in [-0.1, -0.05) is 17.7 Å². The van der Waals surface area contributed by atoms with Crippen molar-refractivity contribution in [3.05, 3.63) is 48.0 Å². The maximum absolute atomic E-state index is 3.06. The molecule has 1 radical (unpaired) electrons. The van der Waals surface area contributed by atoms with Crippen LogP contribution in [0.5, 0.6) is 0 Å². The zero-order chi connectivity index (χ0) is 7.68. The zero-order valence-corrected chi connectivity index (χ0v) is 9.88. The second kappa shape index (κ2) is 4.16. The van der Waals surface area contributed by atoms with E-state index in [0.29, 0.717) is 0 Å². The quantitative estimate of drug-likeness (QED) is 0.610. The molecule has 0 saturated heterocycles. The number of hydrogen-bond donors (Lipinski definition) is 0. The molecule has 0 bridgehead atoms. The molecule has 0 N–H and O–H groups in total. The molecule has 0 aromatic heterocycles. The fraction of sp³-hybridized carbons (Fsp3) is 0.0909. The minimum atomic E-state index is 0. The summed E-state index contributed by atoms with van der Waals surface area (Å²) >= 11 is 0. The first kappa shape index (κ1) is 9.89. The van der Waals surface area contributed by atoms with E-state index in [1.54, 1.807) is 0 Å². The second-order valence-electron chi connectivity index (χ2n) is 2.78. The molecule has 0 spiro atoms. The third-order valence-electron chi connectivity index (χ3n) is 1.84. The van der Waals surface area contributed by atoms with Crippen molar-refractivity contribution in [1.82, 2.24) is 0 Å². The largest absolute Gasteiger partial charge is 0.183 e. The van der Waals surface area contributed by atoms with Gasteiger partial charge in [0.25, 0.3) is 0 Å². The van der Waals surface area contributed by atoms with Crippen LogP contribution < -0.4 is 0 Å². The van der Waals surface area contributed by atoms with E-state index in [1.165, 1.54) is 16.3 Å². The third kappa shape index (κ3) is 1.94. The molecule has 0 fully saturated rings. The summed E-state index contributed by atoms with van der Waals surface area (Å²) in [5.74, 6) is 0. The fourth-order valence-corrected chi connectivity index (χ4v) is 1.25. The van der Waals surface area contributed by atoms with Crippen LogP contribution in [0.1, 0.15) is 5.56 Å². The van der Waals surface area contributed by atoms with Gasteiger partial charge in [-0.15, -0.1) is 16.8 Å². The summed E-state index contributed by atoms with van der Waals surface area (Å²) < 4.78 is 0. The summed E-state index contributed by atoms with van der Waals surface area (Å²) in [5.41, 5.74) is 1.30. The molecule has 0 saturated carbocycles. The Morgan fingerprint density at radius 2 is 1.92 bits per heavy atom. The van der Waals surface area contributed by atoms with E-state index in [1.807, 2.05) is 12.1 Å². The van der Waals surface area contributed by atoms with E-state index in [4.69, 9.17) is 0 Å². The molecule has 57 valence electrons. The Balaban J connectivity index is 0.000000720. The molecule has 0 unspecified atom stereocenters. The van der Waals surface area contributed by atoms with Crippen LogP contribution in [0.25, 0.3) is 10.8 Å². The number of aryl methyl sites for hydroxylation is 1. The monoisotopic (exact) mass is 230 g/mol. The van der Waals surface area contributed by atoms with Gasteiger partial charge in [-0.05, 0) is 6.92 Å². The van der Waals surface area contributed by atoms with Gasteiger partial charge in [-0.25, -0.2) is 0 Å². The van der Waals surface area contributed by atoms with E-state index in [2.05, 4.69) is 37.3 Å². The van der Waals surface area contributed by atoms with Crippen LogP contribution in [0.3, 0.4) is 0 Å². The molecule has 12 heavy (non-hydrogen) atoms. The SMILES string of the molecule is Cc1ccc2cc[c-]cc2c1.[Y]. The second-order valence-corrected chi connectivity index (χ2v) is 2.78. The van der Waals surface area contributed by atoms with Gasteiger partial charge in [0.1, 0.15) is 0 Å². The average Bonchev–Trinajstić information content (AvgIpc) is 2.04. The van der Waals surface area contributed by atoms with Crippen molar-refractivity contribution < 1.29 is 32.7 Å². The van der Waals surface area contributed by atoms with Gasteiger partial charge >= 0.3 is 0 Å². The summed E-state index contributed by atoms with van der Waals surface area (Å²) in [7, 11) is 0. The van der Waals surface area contributed by atoms with Gasteiger partial charge in [0.15, 0.2) is 0 Å². The Morgan fingerprint density at radius 1 is 1.08 bits per heavy atom. The molecule has 2 aromatic rings. The van der Waals surface area contributed by atoms with Crippen molar-refractivity contribution in [2.45, 2.75) is 6.92 Å². The topological polar surface area (TPSA) is 0 Å². The molecule has 2 aromatic carbocycles. The van der Waals surface area contributed by atoms with Crippen molar-refractivity contribution in [3.8, 4) is 0 Å². The maximum atomic E-state index is 3.06. The van der Waals surface area contributed by atoms with Crippen LogP contribution >= 0.6 is 0 Å². The normalized spacial score (nSPS) is 9.42. The van der Waals surface area contributed by atoms with Gasteiger partial charge in [0.2, 0.25) is 0 Å². The Morgan fingerprint density at radius 3 is 2.75 bits per heavy atom. The first-order chi connectivity index (χ1) is 5.36. The van der Waals surface area contributed by atoms with Gasteiger partial charge in [0.05, 0.1) is 0 Å². The first-order valence-electron chi connectivity index (χ1n) is 3.73. The van der Waals surface area contributed by atoms with Crippen molar-refractivity contribution in [2.75, 3.05) is 0 Å². The van der Waals surface area contributed by atoms with Crippen LogP contribution in [0.4, 0.5) is 0 Å². The van der Waals surface area contributed by atoms with Crippen LogP contribution in [0, 0.1) is 13.0 Å². The van der Waals surface area contributed by atoms with Gasteiger partial charge in [-0.2, -0.15) is 24.3 Å². The molecule has 0 nitrogen and oxygen atoms in total. The first-order valence-corrected chi connectivity index (χ1v) is 3.73. The van der Waals surface area contributed by atoms with E-state index < -0.39 is 0 Å². The minimum Gasteiger partial charge on any atom is -0.183 e. The molecule has 1 heteroatoms. The van der Waals surface area contributed by atoms with E-state index in [-0.39, 0.29) is 32.7 Å². The average molecular weight is 230 g/mol.